The SMILES string of the molecule is CCC1CC(N[C@H](C)c2ccco2)CCO1. The number of furan rings is 1. The first-order chi connectivity index (χ1) is 7.79. The Labute approximate surface area is 97.2 Å². The zero-order valence-corrected chi connectivity index (χ0v) is 10.1. The van der Waals surface area contributed by atoms with Crippen molar-refractivity contribution in [1.82, 2.24) is 5.32 Å². The Morgan fingerprint density at radius 2 is 2.44 bits per heavy atom. The zero-order chi connectivity index (χ0) is 11.4. The van der Waals surface area contributed by atoms with E-state index in [1.807, 2.05) is 12.1 Å². The fourth-order valence-electron chi connectivity index (χ4n) is 2.29. The Bertz CT molecular complexity index is 297. The molecule has 0 saturated carbocycles. The molecule has 3 nitrogen and oxygen atoms in total. The predicted molar refractivity (Wildman–Crippen MR) is 63.3 cm³/mol. The van der Waals surface area contributed by atoms with Gasteiger partial charge in [0.15, 0.2) is 0 Å². The van der Waals surface area contributed by atoms with Crippen LogP contribution >= 0.6 is 0 Å². The maximum absolute atomic E-state index is 5.67. The lowest BCUT2D eigenvalue weighted by Gasteiger charge is -2.31. The average Bonchev–Trinajstić information content (AvgIpc) is 2.83. The van der Waals surface area contributed by atoms with Gasteiger partial charge in [-0.3, -0.25) is 0 Å². The largest absolute Gasteiger partial charge is 0.468 e. The molecular formula is C13H21NO2. The molecule has 2 rings (SSSR count). The Morgan fingerprint density at radius 3 is 3.12 bits per heavy atom. The van der Waals surface area contributed by atoms with Crippen molar-refractivity contribution in [3.8, 4) is 0 Å². The summed E-state index contributed by atoms with van der Waals surface area (Å²) in [7, 11) is 0. The molecule has 1 N–H and O–H groups in total. The van der Waals surface area contributed by atoms with Crippen LogP contribution in [0.15, 0.2) is 22.8 Å². The van der Waals surface area contributed by atoms with Gasteiger partial charge >= 0.3 is 0 Å². The van der Waals surface area contributed by atoms with Crippen LogP contribution in [-0.4, -0.2) is 18.8 Å². The van der Waals surface area contributed by atoms with Crippen molar-refractivity contribution in [2.45, 2.75) is 51.3 Å². The molecular weight excluding hydrogens is 202 g/mol. The monoisotopic (exact) mass is 223 g/mol. The van der Waals surface area contributed by atoms with Gasteiger partial charge in [0, 0.05) is 12.6 Å². The molecule has 1 saturated heterocycles. The van der Waals surface area contributed by atoms with Crippen LogP contribution in [-0.2, 0) is 4.74 Å². The summed E-state index contributed by atoms with van der Waals surface area (Å²) in [6.07, 6.45) is 5.47. The zero-order valence-electron chi connectivity index (χ0n) is 10.1. The van der Waals surface area contributed by atoms with Crippen molar-refractivity contribution in [3.63, 3.8) is 0 Å². The molecule has 0 amide bonds. The molecule has 0 bridgehead atoms. The third-order valence-corrected chi connectivity index (χ3v) is 3.28. The number of rotatable bonds is 4. The summed E-state index contributed by atoms with van der Waals surface area (Å²) in [5, 5.41) is 3.61. The second-order valence-corrected chi connectivity index (χ2v) is 4.53. The van der Waals surface area contributed by atoms with Gasteiger partial charge in [-0.2, -0.15) is 0 Å². The minimum Gasteiger partial charge on any atom is -0.468 e. The van der Waals surface area contributed by atoms with Crippen LogP contribution in [0.3, 0.4) is 0 Å². The highest BCUT2D eigenvalue weighted by Gasteiger charge is 2.23. The lowest BCUT2D eigenvalue weighted by molar-refractivity contribution is -0.00204. The third-order valence-electron chi connectivity index (χ3n) is 3.28. The standard InChI is InChI=1S/C13H21NO2/c1-3-12-9-11(6-8-15-12)14-10(2)13-5-4-7-16-13/h4-5,7,10-12,14H,3,6,8-9H2,1-2H3/t10-,11?,12?/m1/s1. The summed E-state index contributed by atoms with van der Waals surface area (Å²) < 4.78 is 11.1. The van der Waals surface area contributed by atoms with Crippen molar-refractivity contribution in [3.05, 3.63) is 24.2 Å². The summed E-state index contributed by atoms with van der Waals surface area (Å²) >= 11 is 0. The average molecular weight is 223 g/mol. The molecule has 1 aromatic rings. The van der Waals surface area contributed by atoms with Gasteiger partial charge in [-0.15, -0.1) is 0 Å². The quantitative estimate of drug-likeness (QED) is 0.852. The lowest BCUT2D eigenvalue weighted by atomic mass is 10.0. The van der Waals surface area contributed by atoms with Gasteiger partial charge in [0.05, 0.1) is 18.4 Å². The molecule has 2 heterocycles. The van der Waals surface area contributed by atoms with E-state index in [0.717, 1.165) is 31.6 Å². The number of nitrogens with one attached hydrogen (secondary N) is 1. The van der Waals surface area contributed by atoms with Crippen molar-refractivity contribution in [2.75, 3.05) is 6.61 Å². The Morgan fingerprint density at radius 1 is 1.56 bits per heavy atom. The first-order valence-corrected chi connectivity index (χ1v) is 6.20. The molecule has 0 aromatic carbocycles. The van der Waals surface area contributed by atoms with Crippen LogP contribution in [0.1, 0.15) is 44.9 Å². The summed E-state index contributed by atoms with van der Waals surface area (Å²) in [4.78, 5) is 0. The first kappa shape index (κ1) is 11.7. The minimum absolute atomic E-state index is 0.288. The second kappa shape index (κ2) is 5.51. The van der Waals surface area contributed by atoms with E-state index < -0.39 is 0 Å². The van der Waals surface area contributed by atoms with Crippen LogP contribution in [0.25, 0.3) is 0 Å². The summed E-state index contributed by atoms with van der Waals surface area (Å²) in [5.74, 6) is 1.01. The van der Waals surface area contributed by atoms with Gasteiger partial charge in [0.25, 0.3) is 0 Å². The Balaban J connectivity index is 1.84. The lowest BCUT2D eigenvalue weighted by Crippen LogP contribution is -2.39. The smallest absolute Gasteiger partial charge is 0.120 e. The topological polar surface area (TPSA) is 34.4 Å². The van der Waals surface area contributed by atoms with Gasteiger partial charge in [0.1, 0.15) is 5.76 Å². The normalized spacial score (nSPS) is 27.9. The second-order valence-electron chi connectivity index (χ2n) is 4.53. The molecule has 1 aromatic heterocycles. The maximum Gasteiger partial charge on any atom is 0.120 e. The molecule has 3 atom stereocenters. The highest BCUT2D eigenvalue weighted by Crippen LogP contribution is 2.20. The summed E-state index contributed by atoms with van der Waals surface area (Å²) in [6.45, 7) is 5.21. The van der Waals surface area contributed by atoms with E-state index in [1.165, 1.54) is 0 Å². The van der Waals surface area contributed by atoms with E-state index >= 15 is 0 Å². The van der Waals surface area contributed by atoms with Crippen LogP contribution in [0.2, 0.25) is 0 Å². The van der Waals surface area contributed by atoms with Crippen molar-refractivity contribution in [1.29, 1.82) is 0 Å². The molecule has 0 radical (unpaired) electrons. The van der Waals surface area contributed by atoms with Crippen molar-refractivity contribution < 1.29 is 9.15 Å². The van der Waals surface area contributed by atoms with Gasteiger partial charge in [-0.1, -0.05) is 6.92 Å². The molecule has 1 aliphatic rings. The van der Waals surface area contributed by atoms with E-state index in [4.69, 9.17) is 9.15 Å². The van der Waals surface area contributed by atoms with E-state index in [0.29, 0.717) is 12.1 Å². The molecule has 0 aliphatic carbocycles. The third kappa shape index (κ3) is 2.86. The number of hydrogen-bond donors (Lipinski definition) is 1. The van der Waals surface area contributed by atoms with E-state index in [-0.39, 0.29) is 6.04 Å². The number of ether oxygens (including phenoxy) is 1. The molecule has 1 fully saturated rings. The summed E-state index contributed by atoms with van der Waals surface area (Å²) in [5.41, 5.74) is 0. The first-order valence-electron chi connectivity index (χ1n) is 6.20. The fourth-order valence-corrected chi connectivity index (χ4v) is 2.29. The number of hydrogen-bond acceptors (Lipinski definition) is 3. The molecule has 90 valence electrons. The van der Waals surface area contributed by atoms with E-state index in [1.54, 1.807) is 6.26 Å². The minimum atomic E-state index is 0.288. The maximum atomic E-state index is 5.67. The molecule has 0 spiro atoms. The van der Waals surface area contributed by atoms with Crippen molar-refractivity contribution in [2.24, 2.45) is 0 Å². The Hall–Kier alpha value is -0.800. The van der Waals surface area contributed by atoms with Gasteiger partial charge in [-0.25, -0.2) is 0 Å². The van der Waals surface area contributed by atoms with E-state index in [9.17, 15) is 0 Å². The Kier molecular flexibility index (Phi) is 4.02. The van der Waals surface area contributed by atoms with E-state index in [2.05, 4.69) is 19.2 Å². The highest BCUT2D eigenvalue weighted by molar-refractivity contribution is 5.03. The van der Waals surface area contributed by atoms with Gasteiger partial charge in [0.2, 0.25) is 0 Å². The van der Waals surface area contributed by atoms with Crippen LogP contribution < -0.4 is 5.32 Å². The van der Waals surface area contributed by atoms with Crippen LogP contribution in [0.5, 0.6) is 0 Å². The van der Waals surface area contributed by atoms with Crippen LogP contribution in [0.4, 0.5) is 0 Å². The van der Waals surface area contributed by atoms with Gasteiger partial charge in [-0.05, 0) is 38.3 Å². The molecule has 1 aliphatic heterocycles. The highest BCUT2D eigenvalue weighted by atomic mass is 16.5. The molecule has 16 heavy (non-hydrogen) atoms. The molecule has 2 unspecified atom stereocenters. The summed E-state index contributed by atoms with van der Waals surface area (Å²) in [6, 6.07) is 4.80. The predicted octanol–water partition coefficient (Wildman–Crippen LogP) is 2.89. The molecule has 3 heteroatoms. The van der Waals surface area contributed by atoms with Crippen molar-refractivity contribution >= 4 is 0 Å². The van der Waals surface area contributed by atoms with Crippen LogP contribution in [0, 0.1) is 0 Å². The fraction of sp³-hybridized carbons (Fsp3) is 0.692. The van der Waals surface area contributed by atoms with Gasteiger partial charge < -0.3 is 14.5 Å².